The van der Waals surface area contributed by atoms with Gasteiger partial charge in [0.15, 0.2) is 0 Å². The number of benzene rings is 1. The molecule has 1 aliphatic rings. The number of carbonyl (C=O) groups excluding carboxylic acids is 1. The van der Waals surface area contributed by atoms with E-state index in [1.807, 2.05) is 30.5 Å². The van der Waals surface area contributed by atoms with Crippen molar-refractivity contribution in [2.45, 2.75) is 11.9 Å². The molecule has 1 fully saturated rings. The number of hydrogen-bond donors (Lipinski definition) is 0. The molecule has 23 heavy (non-hydrogen) atoms. The van der Waals surface area contributed by atoms with Gasteiger partial charge < -0.3 is 9.64 Å². The molecular weight excluding hydrogens is 336 g/mol. The van der Waals surface area contributed by atoms with E-state index in [0.717, 1.165) is 11.3 Å². The summed E-state index contributed by atoms with van der Waals surface area (Å²) in [6.45, 7) is 1.62. The Hall–Kier alpha value is -1.57. The molecule has 1 aliphatic heterocycles. The van der Waals surface area contributed by atoms with Crippen molar-refractivity contribution in [2.24, 2.45) is 0 Å². The highest BCUT2D eigenvalue weighted by molar-refractivity contribution is 8.00. The summed E-state index contributed by atoms with van der Waals surface area (Å²) in [5.41, 5.74) is 1.76. The van der Waals surface area contributed by atoms with Gasteiger partial charge in [-0.3, -0.25) is 4.79 Å². The van der Waals surface area contributed by atoms with Gasteiger partial charge in [-0.05, 0) is 11.6 Å². The van der Waals surface area contributed by atoms with Crippen molar-refractivity contribution in [3.8, 4) is 0 Å². The SMILES string of the molecule is COCCN1C(=O)CSC1c1cn(Cc2ccccc2Cl)nn1. The van der Waals surface area contributed by atoms with Gasteiger partial charge in [-0.25, -0.2) is 4.68 Å². The highest BCUT2D eigenvalue weighted by Crippen LogP contribution is 2.37. The average Bonchev–Trinajstić information content (AvgIpc) is 3.14. The molecule has 1 saturated heterocycles. The summed E-state index contributed by atoms with van der Waals surface area (Å²) in [5.74, 6) is 0.573. The molecule has 2 heterocycles. The van der Waals surface area contributed by atoms with Crippen LogP contribution in [0.1, 0.15) is 16.6 Å². The third-order valence-corrected chi connectivity index (χ3v) is 5.20. The van der Waals surface area contributed by atoms with E-state index in [1.54, 1.807) is 28.5 Å². The molecule has 1 aromatic heterocycles. The first kappa shape index (κ1) is 16.3. The minimum atomic E-state index is -0.0994. The second-order valence-electron chi connectivity index (χ2n) is 5.18. The average molecular weight is 353 g/mol. The lowest BCUT2D eigenvalue weighted by Crippen LogP contribution is -2.31. The number of thioether (sulfide) groups is 1. The Morgan fingerprint density at radius 2 is 2.26 bits per heavy atom. The predicted molar refractivity (Wildman–Crippen MR) is 89.4 cm³/mol. The molecule has 0 saturated carbocycles. The van der Waals surface area contributed by atoms with Crippen LogP contribution in [0.25, 0.3) is 0 Å². The fourth-order valence-electron chi connectivity index (χ4n) is 2.44. The summed E-state index contributed by atoms with van der Waals surface area (Å²) in [7, 11) is 1.63. The van der Waals surface area contributed by atoms with Crippen molar-refractivity contribution in [1.82, 2.24) is 19.9 Å². The van der Waals surface area contributed by atoms with Gasteiger partial charge in [0.05, 0.1) is 25.1 Å². The van der Waals surface area contributed by atoms with Gasteiger partial charge in [0.2, 0.25) is 5.91 Å². The highest BCUT2D eigenvalue weighted by Gasteiger charge is 2.34. The maximum absolute atomic E-state index is 12.0. The van der Waals surface area contributed by atoms with E-state index in [-0.39, 0.29) is 11.3 Å². The molecule has 1 aromatic carbocycles. The first-order valence-corrected chi connectivity index (χ1v) is 8.65. The van der Waals surface area contributed by atoms with Gasteiger partial charge in [0.25, 0.3) is 0 Å². The zero-order valence-corrected chi connectivity index (χ0v) is 14.3. The second-order valence-corrected chi connectivity index (χ2v) is 6.65. The Morgan fingerprint density at radius 3 is 3.04 bits per heavy atom. The first-order chi connectivity index (χ1) is 11.2. The molecular formula is C15H17ClN4O2S. The van der Waals surface area contributed by atoms with E-state index >= 15 is 0 Å². The van der Waals surface area contributed by atoms with Crippen LogP contribution < -0.4 is 0 Å². The lowest BCUT2D eigenvalue weighted by molar-refractivity contribution is -0.128. The van der Waals surface area contributed by atoms with E-state index in [1.165, 1.54) is 0 Å². The molecule has 0 N–H and O–H groups in total. The predicted octanol–water partition coefficient (Wildman–Crippen LogP) is 2.20. The molecule has 0 aliphatic carbocycles. The number of nitrogens with zero attached hydrogens (tertiary/aromatic N) is 4. The zero-order chi connectivity index (χ0) is 16.2. The summed E-state index contributed by atoms with van der Waals surface area (Å²) >= 11 is 7.74. The number of aromatic nitrogens is 3. The van der Waals surface area contributed by atoms with Crippen LogP contribution in [0.5, 0.6) is 0 Å². The minimum absolute atomic E-state index is 0.0994. The minimum Gasteiger partial charge on any atom is -0.383 e. The van der Waals surface area contributed by atoms with Crippen molar-refractivity contribution >= 4 is 29.3 Å². The lowest BCUT2D eigenvalue weighted by Gasteiger charge is -2.21. The summed E-state index contributed by atoms with van der Waals surface area (Å²) in [6.07, 6.45) is 1.87. The quantitative estimate of drug-likeness (QED) is 0.797. The van der Waals surface area contributed by atoms with Crippen molar-refractivity contribution in [2.75, 3.05) is 26.0 Å². The van der Waals surface area contributed by atoms with Crippen LogP contribution in [0.4, 0.5) is 0 Å². The Labute approximate surface area is 143 Å². The fourth-order valence-corrected chi connectivity index (χ4v) is 3.78. The number of ether oxygens (including phenoxy) is 1. The van der Waals surface area contributed by atoms with Crippen molar-refractivity contribution in [3.05, 3.63) is 46.7 Å². The van der Waals surface area contributed by atoms with Crippen LogP contribution in [-0.2, 0) is 16.1 Å². The molecule has 8 heteroatoms. The summed E-state index contributed by atoms with van der Waals surface area (Å²) in [4.78, 5) is 13.8. The van der Waals surface area contributed by atoms with Gasteiger partial charge >= 0.3 is 0 Å². The summed E-state index contributed by atoms with van der Waals surface area (Å²) in [6, 6.07) is 7.65. The van der Waals surface area contributed by atoms with Gasteiger partial charge in [-0.15, -0.1) is 16.9 Å². The standard InChI is InChI=1S/C15H17ClN4O2S/c1-22-7-6-20-14(21)10-23-15(20)13-9-19(18-17-13)8-11-4-2-3-5-12(11)16/h2-5,9,15H,6-8,10H2,1H3. The second kappa shape index (κ2) is 7.33. The Balaban J connectivity index is 1.73. The smallest absolute Gasteiger partial charge is 0.233 e. The normalized spacial score (nSPS) is 17.9. The van der Waals surface area contributed by atoms with Gasteiger partial charge in [-0.1, -0.05) is 35.0 Å². The summed E-state index contributed by atoms with van der Waals surface area (Å²) < 4.78 is 6.82. The molecule has 1 unspecified atom stereocenters. The van der Waals surface area contributed by atoms with E-state index in [2.05, 4.69) is 10.3 Å². The topological polar surface area (TPSA) is 60.2 Å². The number of amides is 1. The van der Waals surface area contributed by atoms with Crippen LogP contribution in [0.2, 0.25) is 5.02 Å². The van der Waals surface area contributed by atoms with E-state index in [0.29, 0.717) is 30.5 Å². The molecule has 122 valence electrons. The lowest BCUT2D eigenvalue weighted by atomic mass is 10.2. The monoisotopic (exact) mass is 352 g/mol. The third kappa shape index (κ3) is 3.68. The van der Waals surface area contributed by atoms with Crippen molar-refractivity contribution < 1.29 is 9.53 Å². The van der Waals surface area contributed by atoms with Crippen LogP contribution in [0, 0.1) is 0 Å². The first-order valence-electron chi connectivity index (χ1n) is 7.22. The van der Waals surface area contributed by atoms with Crippen molar-refractivity contribution in [3.63, 3.8) is 0 Å². The van der Waals surface area contributed by atoms with E-state index in [4.69, 9.17) is 16.3 Å². The molecule has 3 rings (SSSR count). The molecule has 1 atom stereocenters. The van der Waals surface area contributed by atoms with Gasteiger partial charge in [-0.2, -0.15) is 0 Å². The van der Waals surface area contributed by atoms with E-state index < -0.39 is 0 Å². The molecule has 6 nitrogen and oxygen atoms in total. The Bertz CT molecular complexity index is 694. The van der Waals surface area contributed by atoms with Crippen molar-refractivity contribution in [1.29, 1.82) is 0 Å². The fraction of sp³-hybridized carbons (Fsp3) is 0.400. The van der Waals surface area contributed by atoms with Crippen LogP contribution in [0.15, 0.2) is 30.5 Å². The Morgan fingerprint density at radius 1 is 1.43 bits per heavy atom. The maximum Gasteiger partial charge on any atom is 0.233 e. The third-order valence-electron chi connectivity index (χ3n) is 3.60. The largest absolute Gasteiger partial charge is 0.383 e. The van der Waals surface area contributed by atoms with Gasteiger partial charge in [0, 0.05) is 18.7 Å². The number of halogens is 1. The maximum atomic E-state index is 12.0. The Kier molecular flexibility index (Phi) is 5.20. The van der Waals surface area contributed by atoms with E-state index in [9.17, 15) is 4.79 Å². The highest BCUT2D eigenvalue weighted by atomic mass is 35.5. The molecule has 0 radical (unpaired) electrons. The van der Waals surface area contributed by atoms with Crippen LogP contribution in [0.3, 0.4) is 0 Å². The molecule has 1 amide bonds. The number of carbonyl (C=O) groups is 1. The zero-order valence-electron chi connectivity index (χ0n) is 12.7. The number of hydrogen-bond acceptors (Lipinski definition) is 5. The number of methoxy groups -OCH3 is 1. The van der Waals surface area contributed by atoms with Crippen LogP contribution in [-0.4, -0.2) is 51.8 Å². The molecule has 0 spiro atoms. The number of rotatable bonds is 6. The van der Waals surface area contributed by atoms with Crippen LogP contribution >= 0.6 is 23.4 Å². The molecule has 2 aromatic rings. The molecule has 0 bridgehead atoms. The summed E-state index contributed by atoms with van der Waals surface area (Å²) in [5, 5.41) is 9.00. The van der Waals surface area contributed by atoms with Gasteiger partial charge in [0.1, 0.15) is 11.1 Å².